The van der Waals surface area contributed by atoms with E-state index in [0.717, 1.165) is 34.0 Å². The van der Waals surface area contributed by atoms with E-state index in [2.05, 4.69) is 15.0 Å². The Hall–Kier alpha value is -6.36. The Morgan fingerprint density at radius 1 is 0.740 bits per heavy atom. The van der Waals surface area contributed by atoms with Crippen molar-refractivity contribution in [1.82, 2.24) is 29.5 Å². The van der Waals surface area contributed by atoms with E-state index >= 15 is 0 Å². The first kappa shape index (κ1) is 32.2. The molecule has 1 aromatic carbocycles. The molecule has 11 heteroatoms. The van der Waals surface area contributed by atoms with Gasteiger partial charge in [0.15, 0.2) is 0 Å². The van der Waals surface area contributed by atoms with Crippen LogP contribution < -0.4 is 0 Å². The second-order valence-electron chi connectivity index (χ2n) is 12.2. The second-order valence-corrected chi connectivity index (χ2v) is 12.2. The summed E-state index contributed by atoms with van der Waals surface area (Å²) in [6.07, 6.45) is 12.0. The third-order valence-corrected chi connectivity index (χ3v) is 9.17. The maximum absolute atomic E-state index is 13.1. The van der Waals surface area contributed by atoms with Gasteiger partial charge in [-0.15, -0.1) is 0 Å². The van der Waals surface area contributed by atoms with Crippen LogP contribution in [0.5, 0.6) is 0 Å². The van der Waals surface area contributed by atoms with Gasteiger partial charge in [0.2, 0.25) is 0 Å². The van der Waals surface area contributed by atoms with Crippen LogP contribution in [0.25, 0.3) is 68.9 Å². The van der Waals surface area contributed by atoms with Gasteiger partial charge in [0.1, 0.15) is 12.1 Å². The van der Waals surface area contributed by atoms with Crippen LogP contribution in [0.3, 0.4) is 0 Å². The number of H-pyrrole nitrogens is 2. The maximum Gasteiger partial charge on any atom is 0.313 e. The monoisotopic (exact) mass is 666 g/mol. The molecule has 5 aromatic rings. The topological polar surface area (TPSA) is 145 Å². The van der Waals surface area contributed by atoms with Crippen molar-refractivity contribution in [3.63, 3.8) is 0 Å². The number of imidazole rings is 1. The third-order valence-electron chi connectivity index (χ3n) is 9.17. The summed E-state index contributed by atoms with van der Waals surface area (Å²) in [6, 6.07) is 15.0. The lowest BCUT2D eigenvalue weighted by Gasteiger charge is -2.12. The summed E-state index contributed by atoms with van der Waals surface area (Å²) in [5.41, 5.74) is 9.20. The number of hydrogen-bond donors (Lipinski definition) is 2. The van der Waals surface area contributed by atoms with Crippen molar-refractivity contribution in [2.75, 3.05) is 14.2 Å². The van der Waals surface area contributed by atoms with Crippen LogP contribution in [-0.2, 0) is 26.1 Å². The molecule has 8 bridgehead atoms. The van der Waals surface area contributed by atoms with E-state index in [1.165, 1.54) is 14.2 Å². The molecule has 0 aliphatic carbocycles. The van der Waals surface area contributed by atoms with Crippen LogP contribution in [0.1, 0.15) is 69.9 Å². The minimum atomic E-state index is -0.702. The number of aryl methyl sites for hydroxylation is 1. The van der Waals surface area contributed by atoms with E-state index in [9.17, 15) is 14.4 Å². The van der Waals surface area contributed by atoms with Crippen molar-refractivity contribution >= 4 is 64.6 Å². The van der Waals surface area contributed by atoms with Gasteiger partial charge in [0, 0.05) is 58.2 Å². The van der Waals surface area contributed by atoms with Crippen LogP contribution >= 0.6 is 0 Å². The van der Waals surface area contributed by atoms with Gasteiger partial charge in [-0.2, -0.15) is 0 Å². The first-order valence-electron chi connectivity index (χ1n) is 16.1. The number of ether oxygens (including phenoxy) is 2. The zero-order valence-electron chi connectivity index (χ0n) is 28.1. The number of fused-ring (bicyclic) bond motifs is 8. The number of esters is 2. The summed E-state index contributed by atoms with van der Waals surface area (Å²) in [6.45, 7) is 3.55. The van der Waals surface area contributed by atoms with E-state index in [1.54, 1.807) is 26.1 Å². The number of methoxy groups -OCH3 is 2. The summed E-state index contributed by atoms with van der Waals surface area (Å²) in [7, 11) is 4.63. The molecule has 50 heavy (non-hydrogen) atoms. The molecule has 2 unspecified atom stereocenters. The van der Waals surface area contributed by atoms with Crippen LogP contribution in [0, 0.1) is 0 Å². The normalized spacial score (nSPS) is 13.2. The number of carbonyl (C=O) groups excluding carboxylic acids is 3. The van der Waals surface area contributed by atoms with Crippen LogP contribution in [0.4, 0.5) is 0 Å². The summed E-state index contributed by atoms with van der Waals surface area (Å²) in [4.78, 5) is 59.9. The molecular weight excluding hydrogens is 632 g/mol. The van der Waals surface area contributed by atoms with Gasteiger partial charge in [-0.1, -0.05) is 18.2 Å². The molecule has 2 N–H and O–H groups in total. The molecule has 0 saturated heterocycles. The zero-order chi connectivity index (χ0) is 35.1. The first-order chi connectivity index (χ1) is 24.2. The molecule has 2 aliphatic rings. The number of carbonyl (C=O) groups is 3. The number of rotatable bonds is 7. The fourth-order valence-electron chi connectivity index (χ4n) is 6.66. The van der Waals surface area contributed by atoms with Gasteiger partial charge in [-0.25, -0.2) is 15.0 Å². The average Bonchev–Trinajstić information content (AvgIpc) is 3.99. The highest BCUT2D eigenvalue weighted by Crippen LogP contribution is 2.37. The van der Waals surface area contributed by atoms with Crippen molar-refractivity contribution in [1.29, 1.82) is 0 Å². The minimum Gasteiger partial charge on any atom is -0.469 e. The first-order valence-corrected chi connectivity index (χ1v) is 16.1. The Kier molecular flexibility index (Phi) is 8.32. The lowest BCUT2D eigenvalue weighted by Crippen LogP contribution is -2.13. The number of aldehydes is 1. The number of nitrogens with zero attached hydrogens (tertiary/aromatic N) is 4. The maximum atomic E-state index is 13.1. The molecule has 11 nitrogen and oxygen atoms in total. The number of aromatic nitrogens is 6. The van der Waals surface area contributed by atoms with Crippen molar-refractivity contribution in [3.05, 3.63) is 100 Å². The molecule has 6 heterocycles. The van der Waals surface area contributed by atoms with E-state index in [-0.39, 0.29) is 0 Å². The third kappa shape index (κ3) is 5.52. The molecule has 250 valence electrons. The Morgan fingerprint density at radius 3 is 1.80 bits per heavy atom. The smallest absolute Gasteiger partial charge is 0.313 e. The van der Waals surface area contributed by atoms with Gasteiger partial charge in [-0.3, -0.25) is 14.4 Å². The molecule has 0 fully saturated rings. The van der Waals surface area contributed by atoms with Crippen LogP contribution in [0.15, 0.2) is 60.9 Å². The van der Waals surface area contributed by atoms with Crippen molar-refractivity contribution in [2.24, 2.45) is 7.05 Å². The fraction of sp³-hybridized carbons (Fsp3) is 0.179. The molecule has 0 spiro atoms. The average molecular weight is 667 g/mol. The molecule has 2 atom stereocenters. The lowest BCUT2D eigenvalue weighted by atomic mass is 9.99. The van der Waals surface area contributed by atoms with Gasteiger partial charge in [0.05, 0.1) is 59.9 Å². The van der Waals surface area contributed by atoms with Crippen molar-refractivity contribution < 1.29 is 23.9 Å². The second kappa shape index (κ2) is 12.9. The molecule has 2 aliphatic heterocycles. The summed E-state index contributed by atoms with van der Waals surface area (Å²) >= 11 is 0. The molecule has 0 radical (unpaired) electrons. The van der Waals surface area contributed by atoms with E-state index < -0.39 is 23.8 Å². The molecule has 0 saturated carbocycles. The molecule has 7 rings (SSSR count). The largest absolute Gasteiger partial charge is 0.469 e. The Bertz CT molecular complexity index is 2430. The van der Waals surface area contributed by atoms with Gasteiger partial charge in [-0.05, 0) is 74.0 Å². The lowest BCUT2D eigenvalue weighted by molar-refractivity contribution is -0.142. The standard InChI is InChI=1S/C39H34N6O5/c1-21(38(47)49-4)33-25-9-10-26(41-25)34(22(2)39(48)50-5)28-12-15-31(43-28)36(37-40-17-18-45(37)3)32-16-14-30(44-32)35(29-13-11-27(33)42-29)24-8-6-7-23(19-24)20-46/h6-22,41,44H,1-5H3. The van der Waals surface area contributed by atoms with Crippen LogP contribution in [-0.4, -0.2) is 61.9 Å². The predicted octanol–water partition coefficient (Wildman–Crippen LogP) is 7.09. The Morgan fingerprint density at radius 2 is 1.26 bits per heavy atom. The van der Waals surface area contributed by atoms with E-state index in [0.29, 0.717) is 56.3 Å². The van der Waals surface area contributed by atoms with E-state index in [4.69, 9.17) is 19.4 Å². The number of nitrogens with one attached hydrogen (secondary N) is 2. The van der Waals surface area contributed by atoms with Gasteiger partial charge in [0.25, 0.3) is 0 Å². The number of benzene rings is 1. The summed E-state index contributed by atoms with van der Waals surface area (Å²) in [5.74, 6) is -1.56. The fourth-order valence-corrected chi connectivity index (χ4v) is 6.66. The Balaban J connectivity index is 1.70. The van der Waals surface area contributed by atoms with Crippen LogP contribution in [0.2, 0.25) is 0 Å². The molecular formula is C39H34N6O5. The Labute approximate surface area is 287 Å². The van der Waals surface area contributed by atoms with E-state index in [1.807, 2.05) is 84.6 Å². The highest BCUT2D eigenvalue weighted by Gasteiger charge is 2.26. The highest BCUT2D eigenvalue weighted by atomic mass is 16.5. The van der Waals surface area contributed by atoms with Gasteiger partial charge >= 0.3 is 11.9 Å². The predicted molar refractivity (Wildman–Crippen MR) is 193 cm³/mol. The minimum absolute atomic E-state index is 0.423. The van der Waals surface area contributed by atoms with Crippen molar-refractivity contribution in [2.45, 2.75) is 25.7 Å². The zero-order valence-corrected chi connectivity index (χ0v) is 28.1. The quantitative estimate of drug-likeness (QED) is 0.136. The number of aromatic amines is 2. The summed E-state index contributed by atoms with van der Waals surface area (Å²) in [5, 5.41) is 0. The SMILES string of the molecule is COC(=O)C(C)c1c2nc(c(-c3cccc(C=O)c3)c3ccc([nH]3)c(-c3nccn3C)c3nc(c(C(C)C(=O)OC)c4ccc1[nH]4)C=C3)C=C2. The molecule has 4 aromatic heterocycles. The van der Waals surface area contributed by atoms with Crippen molar-refractivity contribution in [3.8, 4) is 22.5 Å². The summed E-state index contributed by atoms with van der Waals surface area (Å²) < 4.78 is 12.3. The number of hydrogen-bond acceptors (Lipinski definition) is 8. The van der Waals surface area contributed by atoms with Gasteiger partial charge < -0.3 is 24.0 Å². The highest BCUT2D eigenvalue weighted by molar-refractivity contribution is 5.96. The molecule has 0 amide bonds.